The summed E-state index contributed by atoms with van der Waals surface area (Å²) in [6, 6.07) is 5.46. The molecule has 0 saturated heterocycles. The third-order valence-corrected chi connectivity index (χ3v) is 4.55. The lowest BCUT2D eigenvalue weighted by molar-refractivity contribution is -0.121. The van der Waals surface area contributed by atoms with Gasteiger partial charge in [-0.25, -0.2) is 5.43 Å². The number of carbonyl (C=O) groups excluding carboxylic acids is 1. The number of allylic oxidation sites excluding steroid dienone is 1. The van der Waals surface area contributed by atoms with Crippen LogP contribution in [0.15, 0.2) is 33.8 Å². The van der Waals surface area contributed by atoms with E-state index >= 15 is 0 Å². The highest BCUT2D eigenvalue weighted by Crippen LogP contribution is 2.24. The number of carbonyl (C=O) groups is 1. The Morgan fingerprint density at radius 1 is 1.50 bits per heavy atom. The van der Waals surface area contributed by atoms with Gasteiger partial charge < -0.3 is 4.74 Å². The number of ether oxygens (including phenoxy) is 1. The molecular weight excluding hydrogens is 300 g/mol. The zero-order valence-electron chi connectivity index (χ0n) is 13.2. The maximum absolute atomic E-state index is 11.9. The van der Waals surface area contributed by atoms with Crippen LogP contribution in [0.4, 0.5) is 0 Å². The van der Waals surface area contributed by atoms with Gasteiger partial charge in [-0.15, -0.1) is 0 Å². The third-order valence-electron chi connectivity index (χ3n) is 3.56. The van der Waals surface area contributed by atoms with Gasteiger partial charge in [-0.1, -0.05) is 6.92 Å². The fourth-order valence-corrected chi connectivity index (χ4v) is 3.17. The topological polar surface area (TPSA) is 67.8 Å². The molecule has 1 N–H and O–H groups in total. The lowest BCUT2D eigenvalue weighted by Crippen LogP contribution is -2.31. The fourth-order valence-electron chi connectivity index (χ4n) is 2.47. The standard InChI is InChI=1S/C16H20N2O3S/c1-10(16-11(2)8-15(19)17-18-16)7-12-9-13(21-3)5-6-14(12)22(4)20/h5-7,9,11H,8H2,1-4H3,(H,17,19). The lowest BCUT2D eigenvalue weighted by Gasteiger charge is -2.19. The second kappa shape index (κ2) is 6.87. The van der Waals surface area contributed by atoms with E-state index in [1.807, 2.05) is 32.1 Å². The van der Waals surface area contributed by atoms with Crippen LogP contribution in [0.1, 0.15) is 25.8 Å². The number of nitrogens with zero attached hydrogens (tertiary/aromatic N) is 1. The van der Waals surface area contributed by atoms with Crippen LogP contribution in [0, 0.1) is 5.92 Å². The minimum absolute atomic E-state index is 0.0613. The molecule has 1 aromatic carbocycles. The van der Waals surface area contributed by atoms with E-state index in [4.69, 9.17) is 4.74 Å². The Bertz CT molecular complexity index is 680. The van der Waals surface area contributed by atoms with Crippen molar-refractivity contribution >= 4 is 28.5 Å². The minimum Gasteiger partial charge on any atom is -0.497 e. The van der Waals surface area contributed by atoms with Gasteiger partial charge in [0.05, 0.1) is 23.6 Å². The number of hydrazone groups is 1. The molecule has 1 amide bonds. The van der Waals surface area contributed by atoms with E-state index in [2.05, 4.69) is 10.5 Å². The molecule has 118 valence electrons. The van der Waals surface area contributed by atoms with Crippen LogP contribution >= 0.6 is 0 Å². The lowest BCUT2D eigenvalue weighted by atomic mass is 9.93. The summed E-state index contributed by atoms with van der Waals surface area (Å²) in [4.78, 5) is 12.1. The first-order chi connectivity index (χ1) is 10.4. The number of methoxy groups -OCH3 is 1. The van der Waals surface area contributed by atoms with Crippen LogP contribution in [-0.4, -0.2) is 29.2 Å². The maximum Gasteiger partial charge on any atom is 0.240 e. The molecule has 0 saturated carbocycles. The molecule has 22 heavy (non-hydrogen) atoms. The molecule has 0 aliphatic carbocycles. The van der Waals surface area contributed by atoms with Crippen LogP contribution in [0.5, 0.6) is 5.75 Å². The average Bonchev–Trinajstić information content (AvgIpc) is 2.46. The molecule has 2 unspecified atom stereocenters. The van der Waals surface area contributed by atoms with E-state index < -0.39 is 10.8 Å². The Morgan fingerprint density at radius 3 is 2.82 bits per heavy atom. The molecule has 0 bridgehead atoms. The minimum atomic E-state index is -1.10. The van der Waals surface area contributed by atoms with Gasteiger partial charge in [0, 0.05) is 23.5 Å². The predicted octanol–water partition coefficient (Wildman–Crippen LogP) is 2.35. The summed E-state index contributed by atoms with van der Waals surface area (Å²) in [5, 5.41) is 4.15. The van der Waals surface area contributed by atoms with E-state index in [1.54, 1.807) is 19.4 Å². The first kappa shape index (κ1) is 16.4. The Kier molecular flexibility index (Phi) is 5.13. The molecule has 6 heteroatoms. The summed E-state index contributed by atoms with van der Waals surface area (Å²) in [6.07, 6.45) is 4.01. The van der Waals surface area contributed by atoms with Gasteiger partial charge in [0.1, 0.15) is 5.75 Å². The summed E-state index contributed by atoms with van der Waals surface area (Å²) in [7, 11) is 0.502. The zero-order valence-corrected chi connectivity index (χ0v) is 14.0. The van der Waals surface area contributed by atoms with Gasteiger partial charge in [0.2, 0.25) is 5.91 Å². The fraction of sp³-hybridized carbons (Fsp3) is 0.375. The molecule has 0 spiro atoms. The second-order valence-electron chi connectivity index (χ2n) is 5.32. The van der Waals surface area contributed by atoms with Crippen molar-refractivity contribution in [3.05, 3.63) is 29.3 Å². The number of nitrogens with one attached hydrogen (secondary N) is 1. The number of amides is 1. The van der Waals surface area contributed by atoms with Gasteiger partial charge in [-0.2, -0.15) is 5.10 Å². The van der Waals surface area contributed by atoms with Crippen molar-refractivity contribution in [3.63, 3.8) is 0 Å². The van der Waals surface area contributed by atoms with E-state index in [-0.39, 0.29) is 11.8 Å². The molecule has 1 aliphatic rings. The van der Waals surface area contributed by atoms with E-state index in [0.29, 0.717) is 12.2 Å². The van der Waals surface area contributed by atoms with E-state index in [0.717, 1.165) is 21.7 Å². The average molecular weight is 320 g/mol. The van der Waals surface area contributed by atoms with Crippen LogP contribution in [0.3, 0.4) is 0 Å². The van der Waals surface area contributed by atoms with E-state index in [9.17, 15) is 9.00 Å². The summed E-state index contributed by atoms with van der Waals surface area (Å²) in [5.74, 6) is 0.701. The molecule has 1 heterocycles. The third kappa shape index (κ3) is 3.62. The van der Waals surface area contributed by atoms with Crippen LogP contribution in [0.2, 0.25) is 0 Å². The summed E-state index contributed by atoms with van der Waals surface area (Å²) in [5.41, 5.74) is 5.13. The van der Waals surface area contributed by atoms with E-state index in [1.165, 1.54) is 0 Å². The SMILES string of the molecule is COc1ccc(S(C)=O)c(C=C(C)C2=NNC(=O)CC2C)c1. The summed E-state index contributed by atoms with van der Waals surface area (Å²) >= 11 is 0. The molecule has 0 aromatic heterocycles. The van der Waals surface area contributed by atoms with Crippen molar-refractivity contribution in [2.24, 2.45) is 11.0 Å². The highest BCUT2D eigenvalue weighted by molar-refractivity contribution is 7.84. The van der Waals surface area contributed by atoms with Gasteiger partial charge in [0.25, 0.3) is 0 Å². The Labute approximate surface area is 132 Å². The van der Waals surface area contributed by atoms with Crippen molar-refractivity contribution < 1.29 is 13.7 Å². The molecule has 2 atom stereocenters. The van der Waals surface area contributed by atoms with Crippen LogP contribution in [0.25, 0.3) is 6.08 Å². The number of rotatable bonds is 4. The first-order valence-corrected chi connectivity index (χ1v) is 8.54. The number of hydrogen-bond acceptors (Lipinski definition) is 4. The van der Waals surface area contributed by atoms with Gasteiger partial charge in [-0.05, 0) is 42.3 Å². The zero-order chi connectivity index (χ0) is 16.3. The van der Waals surface area contributed by atoms with Crippen molar-refractivity contribution in [1.29, 1.82) is 0 Å². The molecular formula is C16H20N2O3S. The first-order valence-electron chi connectivity index (χ1n) is 6.99. The van der Waals surface area contributed by atoms with Gasteiger partial charge in [0.15, 0.2) is 0 Å². The van der Waals surface area contributed by atoms with Crippen molar-refractivity contribution in [3.8, 4) is 5.75 Å². The normalized spacial score (nSPS) is 20.2. The maximum atomic E-state index is 11.9. The summed E-state index contributed by atoms with van der Waals surface area (Å²) < 4.78 is 17.1. The Morgan fingerprint density at radius 2 is 2.23 bits per heavy atom. The Hall–Kier alpha value is -1.95. The molecule has 0 fully saturated rings. The molecule has 5 nitrogen and oxygen atoms in total. The smallest absolute Gasteiger partial charge is 0.240 e. The quantitative estimate of drug-likeness (QED) is 0.926. The second-order valence-corrected chi connectivity index (χ2v) is 6.67. The number of hydrogen-bond donors (Lipinski definition) is 1. The van der Waals surface area contributed by atoms with Gasteiger partial charge in [-0.3, -0.25) is 9.00 Å². The van der Waals surface area contributed by atoms with Crippen molar-refractivity contribution in [2.45, 2.75) is 25.2 Å². The predicted molar refractivity (Wildman–Crippen MR) is 88.3 cm³/mol. The van der Waals surface area contributed by atoms with Crippen molar-refractivity contribution in [1.82, 2.24) is 5.43 Å². The number of benzene rings is 1. The van der Waals surface area contributed by atoms with Gasteiger partial charge >= 0.3 is 0 Å². The molecule has 1 aliphatic heterocycles. The Balaban J connectivity index is 2.43. The largest absolute Gasteiger partial charge is 0.497 e. The highest BCUT2D eigenvalue weighted by atomic mass is 32.2. The summed E-state index contributed by atoms with van der Waals surface area (Å²) in [6.45, 7) is 3.91. The monoisotopic (exact) mass is 320 g/mol. The molecule has 0 radical (unpaired) electrons. The van der Waals surface area contributed by atoms with Crippen molar-refractivity contribution in [2.75, 3.05) is 13.4 Å². The molecule has 2 rings (SSSR count). The van der Waals surface area contributed by atoms with Crippen LogP contribution < -0.4 is 10.2 Å². The molecule has 1 aromatic rings. The van der Waals surface area contributed by atoms with Crippen LogP contribution in [-0.2, 0) is 15.6 Å². The highest BCUT2D eigenvalue weighted by Gasteiger charge is 2.21.